The lowest BCUT2D eigenvalue weighted by atomic mass is 10.3. The van der Waals surface area contributed by atoms with Gasteiger partial charge in [-0.05, 0) is 6.92 Å². The minimum atomic E-state index is -0.0421. The molecule has 0 unspecified atom stereocenters. The van der Waals surface area contributed by atoms with Crippen molar-refractivity contribution < 1.29 is 0 Å². The molecule has 0 aliphatic heterocycles. The standard InChI is InChI=1S/C9H13N5/c1-7(10)8-5-11-6-14(8)9-3-4-13(2)12-9/h3-7H,10H2,1-2H3/t7-/m0/s1. The molecule has 2 heterocycles. The highest BCUT2D eigenvalue weighted by Gasteiger charge is 2.09. The van der Waals surface area contributed by atoms with E-state index < -0.39 is 0 Å². The van der Waals surface area contributed by atoms with E-state index in [-0.39, 0.29) is 6.04 Å². The first-order valence-corrected chi connectivity index (χ1v) is 4.46. The third-order valence-corrected chi connectivity index (χ3v) is 2.08. The van der Waals surface area contributed by atoms with Gasteiger partial charge in [0.05, 0.1) is 11.9 Å². The van der Waals surface area contributed by atoms with Crippen LogP contribution in [-0.4, -0.2) is 19.3 Å². The third-order valence-electron chi connectivity index (χ3n) is 2.08. The minimum absolute atomic E-state index is 0.0421. The van der Waals surface area contributed by atoms with Crippen LogP contribution < -0.4 is 5.73 Å². The van der Waals surface area contributed by atoms with E-state index in [4.69, 9.17) is 5.73 Å². The van der Waals surface area contributed by atoms with E-state index in [2.05, 4.69) is 10.1 Å². The summed E-state index contributed by atoms with van der Waals surface area (Å²) in [5.74, 6) is 0.845. The molecule has 2 aromatic rings. The molecule has 74 valence electrons. The van der Waals surface area contributed by atoms with Gasteiger partial charge in [-0.3, -0.25) is 9.25 Å². The number of hydrogen-bond acceptors (Lipinski definition) is 3. The maximum atomic E-state index is 5.81. The fourth-order valence-electron chi connectivity index (χ4n) is 1.36. The van der Waals surface area contributed by atoms with Gasteiger partial charge in [-0.15, -0.1) is 0 Å². The number of aryl methyl sites for hydroxylation is 1. The van der Waals surface area contributed by atoms with Crippen LogP contribution in [0.1, 0.15) is 18.7 Å². The molecule has 0 amide bonds. The van der Waals surface area contributed by atoms with Crippen molar-refractivity contribution in [1.82, 2.24) is 19.3 Å². The Morgan fingerprint density at radius 1 is 1.50 bits per heavy atom. The zero-order valence-electron chi connectivity index (χ0n) is 8.25. The van der Waals surface area contributed by atoms with E-state index in [1.165, 1.54) is 0 Å². The summed E-state index contributed by atoms with van der Waals surface area (Å²) >= 11 is 0. The predicted molar refractivity (Wildman–Crippen MR) is 52.9 cm³/mol. The van der Waals surface area contributed by atoms with Gasteiger partial charge in [0, 0.05) is 25.4 Å². The average Bonchev–Trinajstić information content (AvgIpc) is 2.70. The summed E-state index contributed by atoms with van der Waals surface area (Å²) in [6.45, 7) is 1.93. The van der Waals surface area contributed by atoms with Gasteiger partial charge in [0.15, 0.2) is 5.82 Å². The first kappa shape index (κ1) is 8.96. The normalized spacial score (nSPS) is 13.1. The van der Waals surface area contributed by atoms with Crippen molar-refractivity contribution in [2.45, 2.75) is 13.0 Å². The molecular weight excluding hydrogens is 178 g/mol. The zero-order valence-corrected chi connectivity index (χ0v) is 8.25. The largest absolute Gasteiger partial charge is 0.323 e. The van der Waals surface area contributed by atoms with E-state index in [0.717, 1.165) is 11.5 Å². The van der Waals surface area contributed by atoms with Gasteiger partial charge in [0.25, 0.3) is 0 Å². The van der Waals surface area contributed by atoms with Crippen LogP contribution in [-0.2, 0) is 7.05 Å². The molecule has 0 saturated carbocycles. The van der Waals surface area contributed by atoms with E-state index in [0.29, 0.717) is 0 Å². The number of imidazole rings is 1. The number of aromatic nitrogens is 4. The smallest absolute Gasteiger partial charge is 0.160 e. The van der Waals surface area contributed by atoms with Crippen LogP contribution in [0.4, 0.5) is 0 Å². The molecule has 0 aliphatic carbocycles. The molecule has 0 radical (unpaired) electrons. The summed E-state index contributed by atoms with van der Waals surface area (Å²) in [7, 11) is 1.88. The van der Waals surface area contributed by atoms with E-state index in [1.807, 2.05) is 30.8 Å². The summed E-state index contributed by atoms with van der Waals surface area (Å²) in [5, 5.41) is 4.28. The van der Waals surface area contributed by atoms with E-state index >= 15 is 0 Å². The second-order valence-corrected chi connectivity index (χ2v) is 3.32. The first-order chi connectivity index (χ1) is 6.68. The van der Waals surface area contributed by atoms with Crippen LogP contribution in [0.2, 0.25) is 0 Å². The van der Waals surface area contributed by atoms with Crippen molar-refractivity contribution in [3.8, 4) is 5.82 Å². The van der Waals surface area contributed by atoms with Crippen LogP contribution in [0.15, 0.2) is 24.8 Å². The highest BCUT2D eigenvalue weighted by molar-refractivity contribution is 5.24. The number of hydrogen-bond donors (Lipinski definition) is 1. The van der Waals surface area contributed by atoms with Gasteiger partial charge in [-0.2, -0.15) is 5.10 Å². The fraction of sp³-hybridized carbons (Fsp3) is 0.333. The van der Waals surface area contributed by atoms with Crippen LogP contribution in [0.5, 0.6) is 0 Å². The summed E-state index contributed by atoms with van der Waals surface area (Å²) in [6.07, 6.45) is 5.38. The minimum Gasteiger partial charge on any atom is -0.323 e. The molecule has 0 aromatic carbocycles. The van der Waals surface area contributed by atoms with E-state index in [1.54, 1.807) is 17.2 Å². The molecule has 0 fully saturated rings. The quantitative estimate of drug-likeness (QED) is 0.757. The summed E-state index contributed by atoms with van der Waals surface area (Å²) in [6, 6.07) is 1.88. The Hall–Kier alpha value is -1.62. The molecule has 0 aliphatic rings. The highest BCUT2D eigenvalue weighted by Crippen LogP contribution is 2.13. The van der Waals surface area contributed by atoms with Gasteiger partial charge in [-0.25, -0.2) is 4.98 Å². The molecule has 0 spiro atoms. The van der Waals surface area contributed by atoms with Gasteiger partial charge in [0.2, 0.25) is 0 Å². The van der Waals surface area contributed by atoms with Crippen molar-refractivity contribution in [2.75, 3.05) is 0 Å². The second-order valence-electron chi connectivity index (χ2n) is 3.32. The van der Waals surface area contributed by atoms with Gasteiger partial charge >= 0.3 is 0 Å². The number of rotatable bonds is 2. The molecule has 0 bridgehead atoms. The Morgan fingerprint density at radius 2 is 2.29 bits per heavy atom. The molecule has 5 nitrogen and oxygen atoms in total. The van der Waals surface area contributed by atoms with Crippen molar-refractivity contribution in [1.29, 1.82) is 0 Å². The SMILES string of the molecule is C[C@H](N)c1cncn1-c1ccn(C)n1. The molecule has 14 heavy (non-hydrogen) atoms. The summed E-state index contributed by atoms with van der Waals surface area (Å²) < 4.78 is 3.64. The summed E-state index contributed by atoms with van der Waals surface area (Å²) in [4.78, 5) is 4.06. The molecule has 2 aromatic heterocycles. The fourth-order valence-corrected chi connectivity index (χ4v) is 1.36. The second kappa shape index (κ2) is 3.26. The summed E-state index contributed by atoms with van der Waals surface area (Å²) in [5.41, 5.74) is 6.77. The Kier molecular flexibility index (Phi) is 2.09. The first-order valence-electron chi connectivity index (χ1n) is 4.46. The van der Waals surface area contributed by atoms with Gasteiger partial charge in [-0.1, -0.05) is 0 Å². The Morgan fingerprint density at radius 3 is 2.86 bits per heavy atom. The van der Waals surface area contributed by atoms with Crippen LogP contribution >= 0.6 is 0 Å². The Balaban J connectivity index is 2.46. The highest BCUT2D eigenvalue weighted by atomic mass is 15.3. The van der Waals surface area contributed by atoms with Crippen LogP contribution in [0.25, 0.3) is 5.82 Å². The molecule has 0 saturated heterocycles. The van der Waals surface area contributed by atoms with Crippen molar-refractivity contribution in [3.63, 3.8) is 0 Å². The van der Waals surface area contributed by atoms with Crippen molar-refractivity contribution >= 4 is 0 Å². The Labute approximate surface area is 82.2 Å². The Bertz CT molecular complexity index is 426. The maximum Gasteiger partial charge on any atom is 0.160 e. The molecule has 2 rings (SSSR count). The maximum absolute atomic E-state index is 5.81. The topological polar surface area (TPSA) is 61.7 Å². The lowest BCUT2D eigenvalue weighted by Gasteiger charge is -2.07. The van der Waals surface area contributed by atoms with Crippen molar-refractivity contribution in [2.24, 2.45) is 12.8 Å². The monoisotopic (exact) mass is 191 g/mol. The zero-order chi connectivity index (χ0) is 10.1. The molecule has 1 atom stereocenters. The molecule has 5 heteroatoms. The molecular formula is C9H13N5. The molecule has 2 N–H and O–H groups in total. The van der Waals surface area contributed by atoms with Crippen LogP contribution in [0.3, 0.4) is 0 Å². The third kappa shape index (κ3) is 1.42. The van der Waals surface area contributed by atoms with E-state index in [9.17, 15) is 0 Å². The van der Waals surface area contributed by atoms with Gasteiger partial charge < -0.3 is 5.73 Å². The predicted octanol–water partition coefficient (Wildman–Crippen LogP) is 0.626. The number of nitrogens with zero attached hydrogens (tertiary/aromatic N) is 4. The average molecular weight is 191 g/mol. The van der Waals surface area contributed by atoms with Crippen molar-refractivity contribution in [3.05, 3.63) is 30.5 Å². The number of nitrogens with two attached hydrogens (primary N) is 1. The lowest BCUT2D eigenvalue weighted by Crippen LogP contribution is -2.11. The van der Waals surface area contributed by atoms with Gasteiger partial charge in [0.1, 0.15) is 6.33 Å². The lowest BCUT2D eigenvalue weighted by molar-refractivity contribution is 0.715. The van der Waals surface area contributed by atoms with Crippen LogP contribution in [0, 0.1) is 0 Å².